The molecule has 0 aliphatic heterocycles. The summed E-state index contributed by atoms with van der Waals surface area (Å²) in [4.78, 5) is 24.4. The Morgan fingerprint density at radius 2 is 1.95 bits per heavy atom. The lowest BCUT2D eigenvalue weighted by Gasteiger charge is -2.20. The maximum Gasteiger partial charge on any atom is 0.255 e. The second kappa shape index (κ2) is 8.16. The van der Waals surface area contributed by atoms with Crippen molar-refractivity contribution >= 4 is 11.8 Å². The number of amides is 2. The number of nitrogens with two attached hydrogens (primary N) is 1. The van der Waals surface area contributed by atoms with Crippen LogP contribution >= 0.6 is 0 Å². The minimum absolute atomic E-state index is 0.0592. The molecule has 0 bridgehead atoms. The zero-order chi connectivity index (χ0) is 15.0. The minimum atomic E-state index is -0.550. The van der Waals surface area contributed by atoms with Crippen molar-refractivity contribution in [3.63, 3.8) is 0 Å². The summed E-state index contributed by atoms with van der Waals surface area (Å²) >= 11 is 0. The van der Waals surface area contributed by atoms with Crippen molar-refractivity contribution in [2.45, 2.75) is 13.3 Å². The van der Waals surface area contributed by atoms with Crippen LogP contribution in [-0.4, -0.2) is 48.1 Å². The van der Waals surface area contributed by atoms with Crippen molar-refractivity contribution in [2.24, 2.45) is 5.73 Å². The van der Waals surface area contributed by atoms with Gasteiger partial charge >= 0.3 is 0 Å². The van der Waals surface area contributed by atoms with E-state index in [2.05, 4.69) is 0 Å². The Labute approximate surface area is 118 Å². The second-order valence-corrected chi connectivity index (χ2v) is 4.24. The quantitative estimate of drug-likeness (QED) is 0.720. The van der Waals surface area contributed by atoms with Crippen LogP contribution in [0, 0.1) is 0 Å². The molecule has 0 heterocycles. The maximum absolute atomic E-state index is 12.2. The Bertz CT molecular complexity index is 445. The van der Waals surface area contributed by atoms with Crippen LogP contribution in [0.5, 0.6) is 5.75 Å². The van der Waals surface area contributed by atoms with E-state index in [9.17, 15) is 9.59 Å². The van der Waals surface area contributed by atoms with Crippen molar-refractivity contribution in [3.8, 4) is 5.75 Å². The molecule has 6 nitrogen and oxygen atoms in total. The first-order valence-corrected chi connectivity index (χ1v) is 6.49. The Morgan fingerprint density at radius 3 is 2.45 bits per heavy atom. The molecule has 0 radical (unpaired) electrons. The fourth-order valence-corrected chi connectivity index (χ4v) is 1.70. The molecule has 1 rings (SSSR count). The first kappa shape index (κ1) is 16.0. The number of nitrogens with zero attached hydrogens (tertiary/aromatic N) is 1. The number of aliphatic hydroxyl groups excluding tert-OH is 1. The number of hydrogen-bond acceptors (Lipinski definition) is 4. The highest BCUT2D eigenvalue weighted by Crippen LogP contribution is 2.14. The van der Waals surface area contributed by atoms with E-state index in [1.807, 2.05) is 6.92 Å². The van der Waals surface area contributed by atoms with Crippen LogP contribution in [0.1, 0.15) is 23.7 Å². The summed E-state index contributed by atoms with van der Waals surface area (Å²) in [7, 11) is 0. The molecule has 1 aromatic carbocycles. The third-order valence-corrected chi connectivity index (χ3v) is 2.74. The molecule has 0 aliphatic carbocycles. The van der Waals surface area contributed by atoms with Crippen LogP contribution in [0.4, 0.5) is 0 Å². The molecule has 1 aromatic rings. The summed E-state index contributed by atoms with van der Waals surface area (Å²) < 4.78 is 5.12. The summed E-state index contributed by atoms with van der Waals surface area (Å²) in [6.07, 6.45) is 0.555. The van der Waals surface area contributed by atoms with Gasteiger partial charge in [-0.3, -0.25) is 9.59 Å². The zero-order valence-electron chi connectivity index (χ0n) is 11.5. The monoisotopic (exact) mass is 280 g/mol. The Hall–Kier alpha value is -2.08. The normalized spacial score (nSPS) is 10.1. The average Bonchev–Trinajstić information content (AvgIpc) is 2.46. The van der Waals surface area contributed by atoms with Crippen molar-refractivity contribution in [1.29, 1.82) is 0 Å². The first-order chi connectivity index (χ1) is 9.58. The van der Waals surface area contributed by atoms with E-state index in [4.69, 9.17) is 15.6 Å². The zero-order valence-corrected chi connectivity index (χ0v) is 11.5. The van der Waals surface area contributed by atoms with Crippen molar-refractivity contribution in [2.75, 3.05) is 26.3 Å². The Kier molecular flexibility index (Phi) is 6.52. The number of hydrogen-bond donors (Lipinski definition) is 2. The first-order valence-electron chi connectivity index (χ1n) is 6.49. The summed E-state index contributed by atoms with van der Waals surface area (Å²) in [5.74, 6) is -0.160. The van der Waals surface area contributed by atoms with Gasteiger partial charge < -0.3 is 20.5 Å². The van der Waals surface area contributed by atoms with E-state index in [0.29, 0.717) is 30.8 Å². The SMILES string of the molecule is CCN(CCCO)C(=O)c1ccc(OCC(N)=O)cc1. The molecule has 0 fully saturated rings. The molecule has 6 heteroatoms. The molecule has 0 atom stereocenters. The van der Waals surface area contributed by atoms with E-state index in [1.54, 1.807) is 29.2 Å². The number of carbonyl (C=O) groups is 2. The highest BCUT2D eigenvalue weighted by Gasteiger charge is 2.13. The lowest BCUT2D eigenvalue weighted by Crippen LogP contribution is -2.32. The van der Waals surface area contributed by atoms with Crippen molar-refractivity contribution in [1.82, 2.24) is 4.90 Å². The lowest BCUT2D eigenvalue weighted by atomic mass is 10.2. The van der Waals surface area contributed by atoms with Gasteiger partial charge in [0.25, 0.3) is 11.8 Å². The van der Waals surface area contributed by atoms with Crippen molar-refractivity contribution < 1.29 is 19.4 Å². The van der Waals surface area contributed by atoms with Gasteiger partial charge in [-0.15, -0.1) is 0 Å². The Balaban J connectivity index is 2.66. The van der Waals surface area contributed by atoms with E-state index >= 15 is 0 Å². The molecule has 2 amide bonds. The number of primary amides is 1. The predicted molar refractivity (Wildman–Crippen MR) is 74.4 cm³/mol. The van der Waals surface area contributed by atoms with Gasteiger partial charge in [-0.1, -0.05) is 0 Å². The van der Waals surface area contributed by atoms with Gasteiger partial charge in [-0.2, -0.15) is 0 Å². The molecule has 20 heavy (non-hydrogen) atoms. The topological polar surface area (TPSA) is 92.9 Å². The van der Waals surface area contributed by atoms with E-state index in [1.165, 1.54) is 0 Å². The van der Waals surface area contributed by atoms with Crippen LogP contribution in [0.2, 0.25) is 0 Å². The molecule has 0 saturated heterocycles. The number of ether oxygens (including phenoxy) is 1. The summed E-state index contributed by atoms with van der Waals surface area (Å²) in [6.45, 7) is 2.86. The third kappa shape index (κ3) is 4.89. The molecule has 0 spiro atoms. The van der Waals surface area contributed by atoms with Crippen LogP contribution < -0.4 is 10.5 Å². The van der Waals surface area contributed by atoms with Crippen LogP contribution in [-0.2, 0) is 4.79 Å². The largest absolute Gasteiger partial charge is 0.484 e. The number of carbonyl (C=O) groups excluding carboxylic acids is 2. The van der Waals surface area contributed by atoms with Gasteiger partial charge in [0, 0.05) is 25.3 Å². The molecular formula is C14H20N2O4. The lowest BCUT2D eigenvalue weighted by molar-refractivity contribution is -0.119. The molecule has 110 valence electrons. The second-order valence-electron chi connectivity index (χ2n) is 4.24. The highest BCUT2D eigenvalue weighted by atomic mass is 16.5. The molecule has 0 saturated carbocycles. The van der Waals surface area contributed by atoms with E-state index in [-0.39, 0.29) is 19.1 Å². The third-order valence-electron chi connectivity index (χ3n) is 2.74. The Morgan fingerprint density at radius 1 is 1.30 bits per heavy atom. The highest BCUT2D eigenvalue weighted by molar-refractivity contribution is 5.94. The van der Waals surface area contributed by atoms with Gasteiger partial charge in [0.1, 0.15) is 5.75 Å². The van der Waals surface area contributed by atoms with E-state index < -0.39 is 5.91 Å². The fraction of sp³-hybridized carbons (Fsp3) is 0.429. The maximum atomic E-state index is 12.2. The molecular weight excluding hydrogens is 260 g/mol. The summed E-state index contributed by atoms with van der Waals surface area (Å²) in [6, 6.07) is 6.52. The summed E-state index contributed by atoms with van der Waals surface area (Å²) in [5, 5.41) is 8.81. The fourth-order valence-electron chi connectivity index (χ4n) is 1.70. The number of rotatable bonds is 8. The summed E-state index contributed by atoms with van der Waals surface area (Å²) in [5.41, 5.74) is 5.52. The standard InChI is InChI=1S/C14H20N2O4/c1-2-16(8-3-9-17)14(19)11-4-6-12(7-5-11)20-10-13(15)18/h4-7,17H,2-3,8-10H2,1H3,(H2,15,18). The minimum Gasteiger partial charge on any atom is -0.484 e. The van der Waals surface area contributed by atoms with Crippen LogP contribution in [0.3, 0.4) is 0 Å². The van der Waals surface area contributed by atoms with E-state index in [0.717, 1.165) is 0 Å². The average molecular weight is 280 g/mol. The molecule has 0 aromatic heterocycles. The van der Waals surface area contributed by atoms with Gasteiger partial charge in [0.15, 0.2) is 6.61 Å². The predicted octanol–water partition coefficient (Wildman–Crippen LogP) is 0.395. The number of benzene rings is 1. The van der Waals surface area contributed by atoms with Gasteiger partial charge in [0.2, 0.25) is 0 Å². The van der Waals surface area contributed by atoms with Crippen LogP contribution in [0.25, 0.3) is 0 Å². The van der Waals surface area contributed by atoms with Gasteiger partial charge in [0.05, 0.1) is 0 Å². The van der Waals surface area contributed by atoms with Gasteiger partial charge in [-0.25, -0.2) is 0 Å². The van der Waals surface area contributed by atoms with Gasteiger partial charge in [-0.05, 0) is 37.6 Å². The smallest absolute Gasteiger partial charge is 0.255 e. The molecule has 0 aliphatic rings. The van der Waals surface area contributed by atoms with Crippen LogP contribution in [0.15, 0.2) is 24.3 Å². The molecule has 3 N–H and O–H groups in total. The van der Waals surface area contributed by atoms with Crippen molar-refractivity contribution in [3.05, 3.63) is 29.8 Å². The molecule has 0 unspecified atom stereocenters. The number of aliphatic hydroxyl groups is 1.